The molecule has 0 unspecified atom stereocenters. The molecule has 0 aliphatic heterocycles. The van der Waals surface area contributed by atoms with Gasteiger partial charge in [0, 0.05) is 5.56 Å². The molecule has 1 rings (SSSR count). The summed E-state index contributed by atoms with van der Waals surface area (Å²) in [5.41, 5.74) is -0.592. The van der Waals surface area contributed by atoms with Crippen LogP contribution in [-0.2, 0) is 0 Å². The van der Waals surface area contributed by atoms with Crippen molar-refractivity contribution in [3.63, 3.8) is 0 Å². The highest BCUT2D eigenvalue weighted by Crippen LogP contribution is 2.16. The Morgan fingerprint density at radius 1 is 1.57 bits per heavy atom. The van der Waals surface area contributed by atoms with Gasteiger partial charge in [-0.15, -0.1) is 0 Å². The van der Waals surface area contributed by atoms with Crippen molar-refractivity contribution < 1.29 is 14.0 Å². The first kappa shape index (κ1) is 10.4. The van der Waals surface area contributed by atoms with Gasteiger partial charge in [0.05, 0.1) is 17.2 Å². The Labute approximate surface area is 83.7 Å². The molecule has 1 aromatic rings. The number of rotatable bonds is 2. The van der Waals surface area contributed by atoms with E-state index in [2.05, 4.69) is 0 Å². The lowest BCUT2D eigenvalue weighted by Crippen LogP contribution is -1.99. The zero-order chi connectivity index (χ0) is 10.7. The molecule has 0 atom stereocenters. The maximum absolute atomic E-state index is 13.0. The number of carbonyl (C=O) groups is 2. The van der Waals surface area contributed by atoms with Crippen LogP contribution in [0.3, 0.4) is 0 Å². The highest BCUT2D eigenvalue weighted by atomic mass is 35.5. The van der Waals surface area contributed by atoms with Crippen LogP contribution in [0.4, 0.5) is 4.39 Å². The van der Waals surface area contributed by atoms with Crippen LogP contribution in [0, 0.1) is 17.1 Å². The first-order valence-corrected chi connectivity index (χ1v) is 3.86. The fraction of sp³-hybridized carbons (Fsp3) is 0. The van der Waals surface area contributed by atoms with Crippen LogP contribution in [0.5, 0.6) is 0 Å². The van der Waals surface area contributed by atoms with Crippen molar-refractivity contribution in [1.29, 1.82) is 5.26 Å². The van der Waals surface area contributed by atoms with Crippen molar-refractivity contribution in [1.82, 2.24) is 0 Å². The molecule has 5 heteroatoms. The smallest absolute Gasteiger partial charge is 0.255 e. The van der Waals surface area contributed by atoms with Gasteiger partial charge in [-0.05, 0) is 23.7 Å². The van der Waals surface area contributed by atoms with E-state index in [4.69, 9.17) is 16.9 Å². The highest BCUT2D eigenvalue weighted by molar-refractivity contribution is 6.67. The highest BCUT2D eigenvalue weighted by Gasteiger charge is 2.13. The molecule has 0 radical (unpaired) electrons. The monoisotopic (exact) mass is 211 g/mol. The van der Waals surface area contributed by atoms with Crippen LogP contribution < -0.4 is 0 Å². The molecular formula is C9H3ClFNO2. The number of nitriles is 1. The van der Waals surface area contributed by atoms with Crippen molar-refractivity contribution in [2.24, 2.45) is 0 Å². The molecule has 0 saturated heterocycles. The summed E-state index contributed by atoms with van der Waals surface area (Å²) in [6.07, 6.45) is 0.337. The first-order valence-electron chi connectivity index (χ1n) is 3.48. The van der Waals surface area contributed by atoms with Gasteiger partial charge in [-0.25, -0.2) is 4.39 Å². The largest absolute Gasteiger partial charge is 0.298 e. The van der Waals surface area contributed by atoms with Crippen molar-refractivity contribution in [2.45, 2.75) is 0 Å². The molecule has 14 heavy (non-hydrogen) atoms. The number of carbonyl (C=O) groups excluding carboxylic acids is 2. The Kier molecular flexibility index (Phi) is 2.95. The molecule has 0 saturated carbocycles. The number of aldehydes is 1. The molecule has 0 fully saturated rings. The Balaban J connectivity index is 3.47. The van der Waals surface area contributed by atoms with E-state index < -0.39 is 16.6 Å². The molecule has 1 aromatic carbocycles. The maximum atomic E-state index is 13.0. The number of hydrogen-bond donors (Lipinski definition) is 0. The summed E-state index contributed by atoms with van der Waals surface area (Å²) >= 11 is 5.06. The lowest BCUT2D eigenvalue weighted by Gasteiger charge is -1.99. The second-order valence-corrected chi connectivity index (χ2v) is 2.77. The fourth-order valence-corrected chi connectivity index (χ4v) is 1.08. The summed E-state index contributed by atoms with van der Waals surface area (Å²) in [6.45, 7) is 0. The second-order valence-electron chi connectivity index (χ2n) is 2.42. The molecular weight excluding hydrogens is 209 g/mol. The lowest BCUT2D eigenvalue weighted by molar-refractivity contribution is 0.107. The summed E-state index contributed by atoms with van der Waals surface area (Å²) in [6, 6.07) is 3.42. The van der Waals surface area contributed by atoms with Crippen LogP contribution in [-0.4, -0.2) is 11.5 Å². The summed E-state index contributed by atoms with van der Waals surface area (Å²) in [5, 5.41) is 7.56. The molecule has 0 bridgehead atoms. The third kappa shape index (κ3) is 1.78. The van der Waals surface area contributed by atoms with E-state index in [9.17, 15) is 14.0 Å². The standard InChI is InChI=1S/C9H3ClFNO2/c10-9(14)7-1-5(3-12)6(4-13)2-8(7)11/h1-2,4H. The third-order valence-corrected chi connectivity index (χ3v) is 1.80. The van der Waals surface area contributed by atoms with E-state index in [1.54, 1.807) is 6.07 Å². The predicted molar refractivity (Wildman–Crippen MR) is 46.7 cm³/mol. The van der Waals surface area contributed by atoms with E-state index in [1.165, 1.54) is 0 Å². The van der Waals surface area contributed by atoms with Crippen LogP contribution in [0.1, 0.15) is 26.3 Å². The van der Waals surface area contributed by atoms with Crippen molar-refractivity contribution in [3.05, 3.63) is 34.6 Å². The summed E-state index contributed by atoms with van der Waals surface area (Å²) in [7, 11) is 0. The Morgan fingerprint density at radius 3 is 2.64 bits per heavy atom. The van der Waals surface area contributed by atoms with Crippen LogP contribution in [0.15, 0.2) is 12.1 Å². The Hall–Kier alpha value is -1.73. The Bertz CT molecular complexity index is 451. The second kappa shape index (κ2) is 3.99. The van der Waals surface area contributed by atoms with Crippen molar-refractivity contribution >= 4 is 23.1 Å². The minimum Gasteiger partial charge on any atom is -0.298 e. The summed E-state index contributed by atoms with van der Waals surface area (Å²) in [4.78, 5) is 21.0. The zero-order valence-corrected chi connectivity index (χ0v) is 7.51. The third-order valence-electron chi connectivity index (χ3n) is 1.60. The van der Waals surface area contributed by atoms with Gasteiger partial charge < -0.3 is 0 Å². The number of benzene rings is 1. The zero-order valence-electron chi connectivity index (χ0n) is 6.75. The van der Waals surface area contributed by atoms with Crippen molar-refractivity contribution in [3.8, 4) is 6.07 Å². The minimum absolute atomic E-state index is 0.0783. The summed E-state index contributed by atoms with van der Waals surface area (Å²) < 4.78 is 13.0. The predicted octanol–water partition coefficient (Wildman–Crippen LogP) is 1.89. The minimum atomic E-state index is -1.00. The van der Waals surface area contributed by atoms with E-state index in [-0.39, 0.29) is 11.1 Å². The van der Waals surface area contributed by atoms with E-state index in [0.29, 0.717) is 6.29 Å². The molecule has 0 aromatic heterocycles. The number of nitrogens with zero attached hydrogens (tertiary/aromatic N) is 1. The molecule has 0 aliphatic rings. The molecule has 0 heterocycles. The normalized spacial score (nSPS) is 9.21. The van der Waals surface area contributed by atoms with Gasteiger partial charge in [0.1, 0.15) is 5.82 Å². The molecule has 70 valence electrons. The van der Waals surface area contributed by atoms with Gasteiger partial charge in [-0.2, -0.15) is 5.26 Å². The maximum Gasteiger partial charge on any atom is 0.255 e. The molecule has 3 nitrogen and oxygen atoms in total. The SMILES string of the molecule is N#Cc1cc(C(=O)Cl)c(F)cc1C=O. The quantitative estimate of drug-likeness (QED) is 0.554. The summed E-state index contributed by atoms with van der Waals surface area (Å²) in [5.74, 6) is -0.911. The van der Waals surface area contributed by atoms with Gasteiger partial charge in [0.25, 0.3) is 5.24 Å². The molecule has 0 spiro atoms. The molecule has 0 N–H and O–H groups in total. The van der Waals surface area contributed by atoms with Gasteiger partial charge in [-0.1, -0.05) is 0 Å². The van der Waals surface area contributed by atoms with E-state index >= 15 is 0 Å². The van der Waals surface area contributed by atoms with Gasteiger partial charge in [0.2, 0.25) is 0 Å². The molecule has 0 amide bonds. The molecule has 0 aliphatic carbocycles. The first-order chi connectivity index (χ1) is 6.60. The van der Waals surface area contributed by atoms with Gasteiger partial charge in [0.15, 0.2) is 6.29 Å². The Morgan fingerprint density at radius 2 is 2.21 bits per heavy atom. The number of hydrogen-bond acceptors (Lipinski definition) is 3. The van der Waals surface area contributed by atoms with Gasteiger partial charge >= 0.3 is 0 Å². The average molecular weight is 212 g/mol. The van der Waals surface area contributed by atoms with Crippen LogP contribution in [0.2, 0.25) is 0 Å². The van der Waals surface area contributed by atoms with Gasteiger partial charge in [-0.3, -0.25) is 9.59 Å². The number of halogens is 2. The van der Waals surface area contributed by atoms with Crippen molar-refractivity contribution in [2.75, 3.05) is 0 Å². The fourth-order valence-electron chi connectivity index (χ4n) is 0.934. The van der Waals surface area contributed by atoms with E-state index in [1.807, 2.05) is 0 Å². The van der Waals surface area contributed by atoms with E-state index in [0.717, 1.165) is 12.1 Å². The van der Waals surface area contributed by atoms with Crippen LogP contribution in [0.25, 0.3) is 0 Å². The lowest BCUT2D eigenvalue weighted by atomic mass is 10.1. The topological polar surface area (TPSA) is 57.9 Å². The average Bonchev–Trinajstić information content (AvgIpc) is 2.16. The van der Waals surface area contributed by atoms with Crippen LogP contribution >= 0.6 is 11.6 Å².